The highest BCUT2D eigenvalue weighted by Gasteiger charge is 2.33. The highest BCUT2D eigenvalue weighted by molar-refractivity contribution is 6.00. The molecule has 1 fully saturated rings. The fourth-order valence-electron chi connectivity index (χ4n) is 4.80. The molecule has 10 heteroatoms. The van der Waals surface area contributed by atoms with Crippen LogP contribution in [0.1, 0.15) is 55.6 Å². The quantitative estimate of drug-likeness (QED) is 0.535. The Kier molecular flexibility index (Phi) is 7.28. The number of carbonyl (C=O) groups is 2. The maximum absolute atomic E-state index is 15.0. The first-order chi connectivity index (χ1) is 16.8. The molecule has 1 saturated carbocycles. The molecule has 0 aromatic carbocycles. The number of aromatic nitrogens is 5. The Balaban J connectivity index is 1.55. The molecular formula is C25H32FN7O2. The minimum atomic E-state index is -0.753. The highest BCUT2D eigenvalue weighted by atomic mass is 19.1. The molecule has 0 unspecified atom stereocenters. The van der Waals surface area contributed by atoms with Gasteiger partial charge in [0.1, 0.15) is 17.4 Å². The van der Waals surface area contributed by atoms with E-state index in [1.165, 1.54) is 12.3 Å². The van der Waals surface area contributed by atoms with Crippen LogP contribution in [0.25, 0.3) is 11.4 Å². The maximum Gasteiger partial charge on any atom is 0.270 e. The number of hydrogen-bond acceptors (Lipinski definition) is 5. The molecule has 2 amide bonds. The van der Waals surface area contributed by atoms with Crippen molar-refractivity contribution >= 4 is 17.5 Å². The minimum Gasteiger partial charge on any atom is -0.339 e. The van der Waals surface area contributed by atoms with Gasteiger partial charge in [-0.25, -0.2) is 9.37 Å². The number of nitrogens with one attached hydrogen (secondary N) is 2. The Morgan fingerprint density at radius 2 is 1.94 bits per heavy atom. The summed E-state index contributed by atoms with van der Waals surface area (Å²) in [5.41, 5.74) is 2.18. The highest BCUT2D eigenvalue weighted by Crippen LogP contribution is 2.31. The lowest BCUT2D eigenvalue weighted by molar-refractivity contribution is -0.119. The van der Waals surface area contributed by atoms with Crippen LogP contribution in [-0.2, 0) is 18.4 Å². The number of pyridine rings is 1. The number of aryl methyl sites for hydroxylation is 3. The SMILES string of the molecule is CCn1nccc1C(=O)N[C@H](C(=O)Nc1cnc(-c2c(C)cnn2C)c(F)c1)[C@H]1CC[C@H](C)CC1. The molecule has 35 heavy (non-hydrogen) atoms. The maximum atomic E-state index is 15.0. The number of halogens is 1. The number of anilines is 1. The van der Waals surface area contributed by atoms with Gasteiger partial charge >= 0.3 is 0 Å². The molecule has 2 N–H and O–H groups in total. The fraction of sp³-hybridized carbons (Fsp3) is 0.480. The van der Waals surface area contributed by atoms with Crippen molar-refractivity contribution in [1.29, 1.82) is 0 Å². The molecule has 3 heterocycles. The Labute approximate surface area is 204 Å². The number of carbonyl (C=O) groups excluding carboxylic acids is 2. The molecule has 4 rings (SSSR count). The van der Waals surface area contributed by atoms with Crippen LogP contribution >= 0.6 is 0 Å². The zero-order chi connectivity index (χ0) is 25.1. The fourth-order valence-corrected chi connectivity index (χ4v) is 4.80. The smallest absolute Gasteiger partial charge is 0.270 e. The summed E-state index contributed by atoms with van der Waals surface area (Å²) >= 11 is 0. The zero-order valence-electron chi connectivity index (χ0n) is 20.6. The molecule has 3 aromatic heterocycles. The third-order valence-electron chi connectivity index (χ3n) is 6.80. The molecule has 186 valence electrons. The van der Waals surface area contributed by atoms with Crippen LogP contribution in [-0.4, -0.2) is 42.4 Å². The van der Waals surface area contributed by atoms with Crippen LogP contribution in [0.5, 0.6) is 0 Å². The second-order valence-electron chi connectivity index (χ2n) is 9.35. The molecule has 1 aliphatic carbocycles. The van der Waals surface area contributed by atoms with Crippen molar-refractivity contribution in [2.75, 3.05) is 5.32 Å². The van der Waals surface area contributed by atoms with Gasteiger partial charge in [-0.1, -0.05) is 19.8 Å². The van der Waals surface area contributed by atoms with E-state index in [-0.39, 0.29) is 29.1 Å². The number of hydrogen-bond donors (Lipinski definition) is 2. The summed E-state index contributed by atoms with van der Waals surface area (Å²) < 4.78 is 18.1. The molecule has 9 nitrogen and oxygen atoms in total. The lowest BCUT2D eigenvalue weighted by atomic mass is 9.79. The largest absolute Gasteiger partial charge is 0.339 e. The van der Waals surface area contributed by atoms with Crippen LogP contribution in [0.4, 0.5) is 10.1 Å². The van der Waals surface area contributed by atoms with E-state index in [1.807, 2.05) is 13.8 Å². The molecule has 0 aliphatic heterocycles. The number of rotatable bonds is 7. The van der Waals surface area contributed by atoms with E-state index in [1.54, 1.807) is 34.9 Å². The van der Waals surface area contributed by atoms with Crippen LogP contribution in [0.2, 0.25) is 0 Å². The monoisotopic (exact) mass is 481 g/mol. The molecule has 1 atom stereocenters. The van der Waals surface area contributed by atoms with Crippen molar-refractivity contribution in [3.63, 3.8) is 0 Å². The predicted molar refractivity (Wildman–Crippen MR) is 130 cm³/mol. The van der Waals surface area contributed by atoms with E-state index in [0.717, 1.165) is 31.2 Å². The van der Waals surface area contributed by atoms with Gasteiger partial charge in [0.2, 0.25) is 5.91 Å². The van der Waals surface area contributed by atoms with Gasteiger partial charge in [-0.3, -0.25) is 19.0 Å². The Morgan fingerprint density at radius 3 is 2.57 bits per heavy atom. The summed E-state index contributed by atoms with van der Waals surface area (Å²) in [6, 6.07) is 2.13. The van der Waals surface area contributed by atoms with Crippen molar-refractivity contribution in [3.05, 3.63) is 47.8 Å². The minimum absolute atomic E-state index is 0.0117. The van der Waals surface area contributed by atoms with Crippen molar-refractivity contribution in [2.45, 2.75) is 59.0 Å². The summed E-state index contributed by atoms with van der Waals surface area (Å²) in [7, 11) is 1.72. The first-order valence-corrected chi connectivity index (χ1v) is 12.1. The average Bonchev–Trinajstić information content (AvgIpc) is 3.44. The van der Waals surface area contributed by atoms with E-state index >= 15 is 0 Å². The van der Waals surface area contributed by atoms with Crippen molar-refractivity contribution < 1.29 is 14.0 Å². The van der Waals surface area contributed by atoms with Crippen molar-refractivity contribution in [3.8, 4) is 11.4 Å². The van der Waals surface area contributed by atoms with Gasteiger partial charge in [-0.15, -0.1) is 0 Å². The summed E-state index contributed by atoms with van der Waals surface area (Å²) in [4.78, 5) is 30.6. The lowest BCUT2D eigenvalue weighted by Gasteiger charge is -2.32. The second-order valence-corrected chi connectivity index (χ2v) is 9.35. The third kappa shape index (κ3) is 5.26. The Hall–Kier alpha value is -3.56. The van der Waals surface area contributed by atoms with Gasteiger partial charge in [0.25, 0.3) is 5.91 Å². The van der Waals surface area contributed by atoms with Crippen LogP contribution < -0.4 is 10.6 Å². The van der Waals surface area contributed by atoms with Gasteiger partial charge in [0, 0.05) is 25.9 Å². The second kappa shape index (κ2) is 10.4. The average molecular weight is 482 g/mol. The summed E-state index contributed by atoms with van der Waals surface area (Å²) in [6.45, 7) is 6.47. The van der Waals surface area contributed by atoms with E-state index in [2.05, 4.69) is 32.7 Å². The van der Waals surface area contributed by atoms with Gasteiger partial charge in [0.15, 0.2) is 5.82 Å². The van der Waals surface area contributed by atoms with Crippen LogP contribution in [0.3, 0.4) is 0 Å². The van der Waals surface area contributed by atoms with Crippen molar-refractivity contribution in [2.24, 2.45) is 18.9 Å². The molecule has 0 radical (unpaired) electrons. The molecule has 3 aromatic rings. The van der Waals surface area contributed by atoms with E-state index in [9.17, 15) is 14.0 Å². The van der Waals surface area contributed by atoms with Gasteiger partial charge in [-0.2, -0.15) is 10.2 Å². The Bertz CT molecular complexity index is 1190. The third-order valence-corrected chi connectivity index (χ3v) is 6.80. The standard InChI is InChI=1S/C25H32FN7O2/c1-5-33-20(10-11-28-33)24(34)31-21(17-8-6-15(2)7-9-17)25(35)30-18-12-19(26)22(27-14-18)23-16(3)13-29-32(23)4/h10-15,17,21H,5-9H2,1-4H3,(H,30,35)(H,31,34)/t15-,17-,21-/m0/s1. The predicted octanol–water partition coefficient (Wildman–Crippen LogP) is 3.71. The van der Waals surface area contributed by atoms with Crippen LogP contribution in [0, 0.1) is 24.6 Å². The first-order valence-electron chi connectivity index (χ1n) is 12.1. The van der Waals surface area contributed by atoms with Gasteiger partial charge in [-0.05, 0) is 50.2 Å². The van der Waals surface area contributed by atoms with Crippen molar-refractivity contribution in [1.82, 2.24) is 29.9 Å². The molecule has 0 spiro atoms. The summed E-state index contributed by atoms with van der Waals surface area (Å²) in [5.74, 6) is -0.718. The normalized spacial score (nSPS) is 18.8. The molecule has 0 bridgehead atoms. The summed E-state index contributed by atoms with van der Waals surface area (Å²) in [5, 5.41) is 14.0. The van der Waals surface area contributed by atoms with Gasteiger partial charge < -0.3 is 10.6 Å². The van der Waals surface area contributed by atoms with E-state index < -0.39 is 11.9 Å². The molecule has 1 aliphatic rings. The molecular weight excluding hydrogens is 449 g/mol. The zero-order valence-corrected chi connectivity index (χ0v) is 20.6. The van der Waals surface area contributed by atoms with Gasteiger partial charge in [0.05, 0.1) is 23.8 Å². The topological polar surface area (TPSA) is 107 Å². The van der Waals surface area contributed by atoms with Crippen LogP contribution in [0.15, 0.2) is 30.7 Å². The Morgan fingerprint density at radius 1 is 1.20 bits per heavy atom. The lowest BCUT2D eigenvalue weighted by Crippen LogP contribution is -2.49. The first kappa shape index (κ1) is 24.6. The van der Waals surface area contributed by atoms with E-state index in [4.69, 9.17) is 0 Å². The summed E-state index contributed by atoms with van der Waals surface area (Å²) in [6.07, 6.45) is 8.29. The molecule has 0 saturated heterocycles. The number of nitrogens with zero attached hydrogens (tertiary/aromatic N) is 5. The van der Waals surface area contributed by atoms with E-state index in [0.29, 0.717) is 23.9 Å². The number of amides is 2.